The van der Waals surface area contributed by atoms with Gasteiger partial charge in [-0.1, -0.05) is 53.7 Å². The van der Waals surface area contributed by atoms with Gasteiger partial charge in [0.2, 0.25) is 10.0 Å². The van der Waals surface area contributed by atoms with Crippen molar-refractivity contribution in [3.63, 3.8) is 0 Å². The molecule has 28 heavy (non-hydrogen) atoms. The SMILES string of the molecule is CC[N+](CC)(CC)CCNS(=O)(=O)c1c(C(C)C)cc(C(C)C)cc1C(C)C. The van der Waals surface area contributed by atoms with E-state index in [9.17, 15) is 8.42 Å². The van der Waals surface area contributed by atoms with Gasteiger partial charge in [0.05, 0.1) is 37.6 Å². The zero-order chi connectivity index (χ0) is 21.7. The molecule has 0 atom stereocenters. The van der Waals surface area contributed by atoms with Crippen molar-refractivity contribution in [3.8, 4) is 0 Å². The highest BCUT2D eigenvalue weighted by Gasteiger charge is 2.28. The lowest BCUT2D eigenvalue weighted by Gasteiger charge is -2.35. The Morgan fingerprint density at radius 2 is 1.25 bits per heavy atom. The van der Waals surface area contributed by atoms with Crippen molar-refractivity contribution in [2.24, 2.45) is 0 Å². The van der Waals surface area contributed by atoms with E-state index < -0.39 is 10.0 Å². The second kappa shape index (κ2) is 10.2. The average Bonchev–Trinajstić information content (AvgIpc) is 2.64. The van der Waals surface area contributed by atoms with Crippen LogP contribution in [0.4, 0.5) is 0 Å². The van der Waals surface area contributed by atoms with Crippen molar-refractivity contribution in [2.45, 2.75) is 85.0 Å². The van der Waals surface area contributed by atoms with E-state index in [-0.39, 0.29) is 11.8 Å². The maximum Gasteiger partial charge on any atom is 0.241 e. The van der Waals surface area contributed by atoms with E-state index in [0.717, 1.165) is 41.8 Å². The number of nitrogens with one attached hydrogen (secondary N) is 1. The van der Waals surface area contributed by atoms with Crippen LogP contribution >= 0.6 is 0 Å². The van der Waals surface area contributed by atoms with Gasteiger partial charge in [-0.15, -0.1) is 0 Å². The third-order valence-corrected chi connectivity index (χ3v) is 7.83. The molecule has 0 unspecified atom stereocenters. The Balaban J connectivity index is 3.35. The van der Waals surface area contributed by atoms with Crippen molar-refractivity contribution in [1.82, 2.24) is 4.72 Å². The predicted octanol–water partition coefficient (Wildman–Crippen LogP) is 5.21. The second-order valence-electron chi connectivity index (χ2n) is 8.90. The molecule has 0 amide bonds. The molecule has 0 saturated heterocycles. The van der Waals surface area contributed by atoms with Gasteiger partial charge in [-0.05, 0) is 55.2 Å². The highest BCUT2D eigenvalue weighted by Crippen LogP contribution is 2.34. The first-order valence-electron chi connectivity index (χ1n) is 11.0. The van der Waals surface area contributed by atoms with E-state index >= 15 is 0 Å². The van der Waals surface area contributed by atoms with Gasteiger partial charge in [-0.25, -0.2) is 13.1 Å². The third kappa shape index (κ3) is 5.80. The van der Waals surface area contributed by atoms with Crippen LogP contribution < -0.4 is 4.72 Å². The van der Waals surface area contributed by atoms with Crippen LogP contribution in [-0.2, 0) is 10.0 Å². The van der Waals surface area contributed by atoms with Gasteiger partial charge in [0.1, 0.15) is 0 Å². The number of sulfonamides is 1. The fraction of sp³-hybridized carbons (Fsp3) is 0.739. The molecule has 1 aromatic rings. The highest BCUT2D eigenvalue weighted by atomic mass is 32.2. The summed E-state index contributed by atoms with van der Waals surface area (Å²) in [6.45, 7) is 23.5. The van der Waals surface area contributed by atoms with Gasteiger partial charge in [0.25, 0.3) is 0 Å². The first kappa shape index (κ1) is 25.1. The number of hydrogen-bond acceptors (Lipinski definition) is 2. The maximum atomic E-state index is 13.4. The lowest BCUT2D eigenvalue weighted by Crippen LogP contribution is -2.51. The Morgan fingerprint density at radius 1 is 0.821 bits per heavy atom. The molecule has 0 aromatic heterocycles. The van der Waals surface area contributed by atoms with Crippen molar-refractivity contribution >= 4 is 10.0 Å². The molecule has 4 nitrogen and oxygen atoms in total. The predicted molar refractivity (Wildman–Crippen MR) is 121 cm³/mol. The fourth-order valence-electron chi connectivity index (χ4n) is 3.83. The van der Waals surface area contributed by atoms with Gasteiger partial charge in [0.15, 0.2) is 0 Å². The molecule has 1 N–H and O–H groups in total. The molecule has 0 spiro atoms. The molecule has 1 rings (SSSR count). The first-order valence-corrected chi connectivity index (χ1v) is 12.4. The molecule has 0 heterocycles. The van der Waals surface area contributed by atoms with Crippen LogP contribution in [0.5, 0.6) is 0 Å². The van der Waals surface area contributed by atoms with Gasteiger partial charge < -0.3 is 4.48 Å². The number of likely N-dealkylation sites (N-methyl/N-ethyl adjacent to an activating group) is 1. The monoisotopic (exact) mass is 411 g/mol. The van der Waals surface area contributed by atoms with Gasteiger partial charge in [-0.2, -0.15) is 0 Å². The Labute approximate surface area is 174 Å². The Morgan fingerprint density at radius 3 is 1.57 bits per heavy atom. The summed E-state index contributed by atoms with van der Waals surface area (Å²) in [5, 5.41) is 0. The molecule has 5 heteroatoms. The van der Waals surface area contributed by atoms with Crippen LogP contribution in [-0.4, -0.2) is 45.6 Å². The smallest absolute Gasteiger partial charge is 0.241 e. The summed E-state index contributed by atoms with van der Waals surface area (Å²) in [7, 11) is -3.56. The van der Waals surface area contributed by atoms with Crippen LogP contribution in [0.1, 0.15) is 96.8 Å². The van der Waals surface area contributed by atoms with Crippen molar-refractivity contribution in [1.29, 1.82) is 0 Å². The minimum Gasteiger partial charge on any atom is -0.323 e. The molecule has 162 valence electrons. The fourth-order valence-corrected chi connectivity index (χ4v) is 5.55. The quantitative estimate of drug-likeness (QED) is 0.508. The summed E-state index contributed by atoms with van der Waals surface area (Å²) >= 11 is 0. The van der Waals surface area contributed by atoms with E-state index in [0.29, 0.717) is 17.4 Å². The summed E-state index contributed by atoms with van der Waals surface area (Å²) in [6, 6.07) is 4.19. The van der Waals surface area contributed by atoms with E-state index in [4.69, 9.17) is 0 Å². The maximum absolute atomic E-state index is 13.4. The second-order valence-corrected chi connectivity index (χ2v) is 10.6. The van der Waals surface area contributed by atoms with Crippen molar-refractivity contribution in [2.75, 3.05) is 32.7 Å². The topological polar surface area (TPSA) is 46.2 Å². The summed E-state index contributed by atoms with van der Waals surface area (Å²) in [4.78, 5) is 0.504. The standard InChI is InChI=1S/C23H43N2O2S/c1-10-25(11-2,12-3)14-13-24-28(26,27)23-21(18(6)7)15-20(17(4)5)16-22(23)19(8)9/h15-19,24H,10-14H2,1-9H3/q+1. The summed E-state index contributed by atoms with van der Waals surface area (Å²) in [5.41, 5.74) is 3.08. The van der Waals surface area contributed by atoms with Crippen molar-refractivity contribution < 1.29 is 12.9 Å². The van der Waals surface area contributed by atoms with Gasteiger partial charge >= 0.3 is 0 Å². The average molecular weight is 412 g/mol. The lowest BCUT2D eigenvalue weighted by molar-refractivity contribution is -0.922. The first-order chi connectivity index (χ1) is 12.9. The molecule has 0 aliphatic rings. The van der Waals surface area contributed by atoms with Crippen LogP contribution in [0.15, 0.2) is 17.0 Å². The lowest BCUT2D eigenvalue weighted by atomic mass is 9.89. The number of hydrogen-bond donors (Lipinski definition) is 1. The summed E-state index contributed by atoms with van der Waals surface area (Å²) in [5.74, 6) is 0.676. The minimum atomic E-state index is -3.56. The molecule has 1 aromatic carbocycles. The molecular weight excluding hydrogens is 368 g/mol. The molecule has 0 fully saturated rings. The number of nitrogens with zero attached hydrogens (tertiary/aromatic N) is 1. The highest BCUT2D eigenvalue weighted by molar-refractivity contribution is 7.89. The van der Waals surface area contributed by atoms with E-state index in [1.54, 1.807) is 0 Å². The zero-order valence-corrected chi connectivity index (χ0v) is 20.4. The summed E-state index contributed by atoms with van der Waals surface area (Å²) < 4.78 is 30.7. The Hall–Kier alpha value is -0.910. The van der Waals surface area contributed by atoms with Crippen LogP contribution in [0.25, 0.3) is 0 Å². The normalized spacial score (nSPS) is 13.1. The number of rotatable bonds is 11. The largest absolute Gasteiger partial charge is 0.323 e. The van der Waals surface area contributed by atoms with Crippen LogP contribution in [0, 0.1) is 0 Å². The number of quaternary nitrogens is 1. The molecule has 0 radical (unpaired) electrons. The van der Waals surface area contributed by atoms with E-state index in [1.165, 1.54) is 5.56 Å². The van der Waals surface area contributed by atoms with Crippen LogP contribution in [0.2, 0.25) is 0 Å². The van der Waals surface area contributed by atoms with E-state index in [2.05, 4.69) is 79.2 Å². The van der Waals surface area contributed by atoms with Crippen molar-refractivity contribution in [3.05, 3.63) is 28.8 Å². The van der Waals surface area contributed by atoms with Gasteiger partial charge in [0, 0.05) is 0 Å². The van der Waals surface area contributed by atoms with Gasteiger partial charge in [-0.3, -0.25) is 0 Å². The minimum absolute atomic E-state index is 0.152. The molecular formula is C23H43N2O2S+. The van der Waals surface area contributed by atoms with Crippen LogP contribution in [0.3, 0.4) is 0 Å². The van der Waals surface area contributed by atoms with E-state index in [1.807, 2.05) is 0 Å². The molecule has 0 aliphatic heterocycles. The molecule has 0 aliphatic carbocycles. The Kier molecular flexibility index (Phi) is 9.17. The Bertz CT molecular complexity index is 696. The zero-order valence-electron chi connectivity index (χ0n) is 19.6. The molecule has 0 saturated carbocycles. The summed E-state index contributed by atoms with van der Waals surface area (Å²) in [6.07, 6.45) is 0. The molecule has 0 bridgehead atoms. The third-order valence-electron chi connectivity index (χ3n) is 6.24. The number of benzene rings is 1.